The molecular weight excluding hydrogens is 290 g/mol. The van der Waals surface area contributed by atoms with Crippen LogP contribution in [0.15, 0.2) is 42.6 Å². The first-order chi connectivity index (χ1) is 11.0. The van der Waals surface area contributed by atoms with Crippen molar-refractivity contribution in [2.24, 2.45) is 7.05 Å². The zero-order valence-corrected chi connectivity index (χ0v) is 14.2. The highest BCUT2D eigenvalue weighted by Crippen LogP contribution is 2.18. The van der Waals surface area contributed by atoms with Gasteiger partial charge in [-0.15, -0.1) is 0 Å². The summed E-state index contributed by atoms with van der Waals surface area (Å²) in [6.45, 7) is 3.11. The number of nitrogens with zero attached hydrogens (tertiary/aromatic N) is 2. The van der Waals surface area contributed by atoms with Crippen LogP contribution in [0.25, 0.3) is 0 Å². The zero-order chi connectivity index (χ0) is 16.8. The van der Waals surface area contributed by atoms with Crippen molar-refractivity contribution in [3.63, 3.8) is 0 Å². The summed E-state index contributed by atoms with van der Waals surface area (Å²) < 4.78 is 7.47. The maximum atomic E-state index is 12.3. The van der Waals surface area contributed by atoms with E-state index in [1.54, 1.807) is 12.1 Å². The third-order valence-electron chi connectivity index (χ3n) is 3.83. The van der Waals surface area contributed by atoms with E-state index < -0.39 is 0 Å². The lowest BCUT2D eigenvalue weighted by atomic mass is 10.1. The van der Waals surface area contributed by atoms with E-state index in [0.717, 1.165) is 5.75 Å². The molecule has 2 aromatic rings. The fourth-order valence-electron chi connectivity index (χ4n) is 2.53. The van der Waals surface area contributed by atoms with Gasteiger partial charge < -0.3 is 14.6 Å². The predicted molar refractivity (Wildman–Crippen MR) is 91.8 cm³/mol. The summed E-state index contributed by atoms with van der Waals surface area (Å²) in [4.78, 5) is 14.4. The third-order valence-corrected chi connectivity index (χ3v) is 3.83. The summed E-state index contributed by atoms with van der Waals surface area (Å²) in [5.74, 6) is 0.702. The molecule has 0 saturated carbocycles. The summed E-state index contributed by atoms with van der Waals surface area (Å²) in [5, 5.41) is 3.01. The van der Waals surface area contributed by atoms with E-state index in [9.17, 15) is 4.79 Å². The Hall–Kier alpha value is -2.27. The number of aryl methyl sites for hydroxylation is 1. The van der Waals surface area contributed by atoms with Crippen LogP contribution in [0, 0.1) is 0 Å². The first-order valence-electron chi connectivity index (χ1n) is 7.81. The molecule has 0 fully saturated rings. The molecule has 0 saturated heterocycles. The lowest BCUT2D eigenvalue weighted by molar-refractivity contribution is 0.0941. The van der Waals surface area contributed by atoms with Crippen molar-refractivity contribution in [1.82, 2.24) is 14.8 Å². The summed E-state index contributed by atoms with van der Waals surface area (Å²) in [6, 6.07) is 11.4. The highest BCUT2D eigenvalue weighted by Gasteiger charge is 2.18. The molecule has 5 heteroatoms. The molecule has 124 valence electrons. The number of nitrogens with one attached hydrogen (secondary N) is 1. The normalized spacial score (nSPS) is 12.2. The quantitative estimate of drug-likeness (QED) is 0.854. The smallest absolute Gasteiger partial charge is 0.251 e. The van der Waals surface area contributed by atoms with E-state index in [4.69, 9.17) is 4.74 Å². The van der Waals surface area contributed by atoms with E-state index in [1.165, 1.54) is 5.69 Å². The van der Waals surface area contributed by atoms with Crippen molar-refractivity contribution in [2.75, 3.05) is 27.2 Å². The van der Waals surface area contributed by atoms with E-state index in [-0.39, 0.29) is 11.9 Å². The van der Waals surface area contributed by atoms with E-state index in [0.29, 0.717) is 18.7 Å². The molecule has 1 N–H and O–H groups in total. The summed E-state index contributed by atoms with van der Waals surface area (Å²) in [5.41, 5.74) is 1.81. The Balaban J connectivity index is 2.00. The van der Waals surface area contributed by atoms with Crippen LogP contribution in [0.4, 0.5) is 0 Å². The fourth-order valence-corrected chi connectivity index (χ4v) is 2.53. The van der Waals surface area contributed by atoms with Gasteiger partial charge in [-0.25, -0.2) is 0 Å². The standard InChI is InChI=1S/C18H25N3O2/c1-5-23-15-10-8-14(9-11-15)18(22)19-13-17(20(2)3)16-7-6-12-21(16)4/h6-12,17H,5,13H2,1-4H3,(H,19,22). The largest absolute Gasteiger partial charge is 0.494 e. The molecule has 1 aromatic carbocycles. The minimum absolute atomic E-state index is 0.0749. The molecule has 5 nitrogen and oxygen atoms in total. The SMILES string of the molecule is CCOc1ccc(C(=O)NCC(c2cccn2C)N(C)C)cc1. The van der Waals surface area contributed by atoms with Gasteiger partial charge in [-0.05, 0) is 57.4 Å². The van der Waals surface area contributed by atoms with Gasteiger partial charge in [0.15, 0.2) is 0 Å². The molecule has 0 aliphatic rings. The molecule has 0 aliphatic carbocycles. The third kappa shape index (κ3) is 4.36. The van der Waals surface area contributed by atoms with Crippen LogP contribution in [0.3, 0.4) is 0 Å². The average molecular weight is 315 g/mol. The summed E-state index contributed by atoms with van der Waals surface area (Å²) in [7, 11) is 6.04. The highest BCUT2D eigenvalue weighted by atomic mass is 16.5. The van der Waals surface area contributed by atoms with E-state index in [2.05, 4.69) is 20.9 Å². The topological polar surface area (TPSA) is 46.5 Å². The molecule has 2 rings (SSSR count). The van der Waals surface area contributed by atoms with Crippen LogP contribution < -0.4 is 10.1 Å². The number of likely N-dealkylation sites (N-methyl/N-ethyl adjacent to an activating group) is 1. The van der Waals surface area contributed by atoms with Gasteiger partial charge in [0.05, 0.1) is 12.6 Å². The minimum atomic E-state index is -0.0749. The number of hydrogen-bond acceptors (Lipinski definition) is 3. The van der Waals surface area contributed by atoms with Crippen LogP contribution in [0.2, 0.25) is 0 Å². The molecule has 0 aliphatic heterocycles. The maximum absolute atomic E-state index is 12.3. The Morgan fingerprint density at radius 2 is 1.96 bits per heavy atom. The molecule has 0 radical (unpaired) electrons. The second-order valence-corrected chi connectivity index (χ2v) is 5.69. The monoisotopic (exact) mass is 315 g/mol. The number of benzene rings is 1. The van der Waals surface area contributed by atoms with Crippen LogP contribution >= 0.6 is 0 Å². The van der Waals surface area contributed by atoms with Crippen LogP contribution in [-0.4, -0.2) is 42.6 Å². The van der Waals surface area contributed by atoms with Crippen LogP contribution in [-0.2, 0) is 7.05 Å². The molecule has 0 spiro atoms. The Morgan fingerprint density at radius 3 is 2.48 bits per heavy atom. The van der Waals surface area contributed by atoms with Crippen molar-refractivity contribution in [3.05, 3.63) is 53.9 Å². The minimum Gasteiger partial charge on any atom is -0.494 e. The van der Waals surface area contributed by atoms with E-state index in [1.807, 2.05) is 52.5 Å². The number of carbonyl (C=O) groups is 1. The van der Waals surface area contributed by atoms with Crippen molar-refractivity contribution in [1.29, 1.82) is 0 Å². The Bertz CT molecular complexity index is 632. The molecule has 0 bridgehead atoms. The Morgan fingerprint density at radius 1 is 1.26 bits per heavy atom. The number of amides is 1. The lowest BCUT2D eigenvalue weighted by Crippen LogP contribution is -2.35. The van der Waals surface area contributed by atoms with Crippen molar-refractivity contribution >= 4 is 5.91 Å². The van der Waals surface area contributed by atoms with Gasteiger partial charge in [0, 0.05) is 31.0 Å². The second kappa shape index (κ2) is 7.83. The van der Waals surface area contributed by atoms with Crippen molar-refractivity contribution in [2.45, 2.75) is 13.0 Å². The molecule has 1 atom stereocenters. The lowest BCUT2D eigenvalue weighted by Gasteiger charge is -2.25. The van der Waals surface area contributed by atoms with Gasteiger partial charge in [-0.3, -0.25) is 9.69 Å². The van der Waals surface area contributed by atoms with Crippen molar-refractivity contribution < 1.29 is 9.53 Å². The van der Waals surface area contributed by atoms with Gasteiger partial charge in [-0.1, -0.05) is 0 Å². The molecule has 1 amide bonds. The number of hydrogen-bond donors (Lipinski definition) is 1. The molecule has 23 heavy (non-hydrogen) atoms. The van der Waals surface area contributed by atoms with Crippen LogP contribution in [0.1, 0.15) is 29.0 Å². The van der Waals surface area contributed by atoms with Crippen LogP contribution in [0.5, 0.6) is 5.75 Å². The predicted octanol–water partition coefficient (Wildman–Crippen LogP) is 2.46. The molecule has 1 aromatic heterocycles. The second-order valence-electron chi connectivity index (χ2n) is 5.69. The number of rotatable bonds is 7. The molecule has 1 heterocycles. The number of carbonyl (C=O) groups excluding carboxylic acids is 1. The number of ether oxygens (including phenoxy) is 1. The number of aromatic nitrogens is 1. The van der Waals surface area contributed by atoms with Gasteiger partial charge in [0.2, 0.25) is 0 Å². The molecular formula is C18H25N3O2. The Labute approximate surface area is 137 Å². The summed E-state index contributed by atoms with van der Waals surface area (Å²) in [6.07, 6.45) is 2.01. The molecule has 1 unspecified atom stereocenters. The Kier molecular flexibility index (Phi) is 5.82. The maximum Gasteiger partial charge on any atom is 0.251 e. The highest BCUT2D eigenvalue weighted by molar-refractivity contribution is 5.94. The van der Waals surface area contributed by atoms with Gasteiger partial charge in [0.25, 0.3) is 5.91 Å². The van der Waals surface area contributed by atoms with Gasteiger partial charge >= 0.3 is 0 Å². The zero-order valence-electron chi connectivity index (χ0n) is 14.2. The average Bonchev–Trinajstić information content (AvgIpc) is 2.94. The van der Waals surface area contributed by atoms with Gasteiger partial charge in [0.1, 0.15) is 5.75 Å². The fraction of sp³-hybridized carbons (Fsp3) is 0.389. The first-order valence-corrected chi connectivity index (χ1v) is 7.81. The summed E-state index contributed by atoms with van der Waals surface area (Å²) >= 11 is 0. The van der Waals surface area contributed by atoms with Crippen molar-refractivity contribution in [3.8, 4) is 5.75 Å². The van der Waals surface area contributed by atoms with E-state index >= 15 is 0 Å². The first kappa shape index (κ1) is 17.1. The van der Waals surface area contributed by atoms with Gasteiger partial charge in [-0.2, -0.15) is 0 Å².